The SMILES string of the molecule is CCOCC(=O)N1CC[C@H](CO)C1. The minimum atomic E-state index is 0.0396. The molecule has 1 fully saturated rings. The van der Waals surface area contributed by atoms with Crippen LogP contribution in [0.1, 0.15) is 13.3 Å². The number of rotatable bonds is 4. The van der Waals surface area contributed by atoms with Crippen molar-refractivity contribution in [2.45, 2.75) is 13.3 Å². The normalized spacial score (nSPS) is 22.3. The Labute approximate surface area is 78.5 Å². The molecule has 1 aliphatic rings. The average molecular weight is 187 g/mol. The molecule has 0 aromatic rings. The fraction of sp³-hybridized carbons (Fsp3) is 0.889. The first kappa shape index (κ1) is 10.5. The zero-order chi connectivity index (χ0) is 9.68. The highest BCUT2D eigenvalue weighted by atomic mass is 16.5. The summed E-state index contributed by atoms with van der Waals surface area (Å²) in [6, 6.07) is 0. The maximum absolute atomic E-state index is 11.4. The molecule has 1 aliphatic heterocycles. The predicted molar refractivity (Wildman–Crippen MR) is 48.3 cm³/mol. The van der Waals surface area contributed by atoms with Crippen LogP contribution in [0.3, 0.4) is 0 Å². The highest BCUT2D eigenvalue weighted by Gasteiger charge is 2.25. The van der Waals surface area contributed by atoms with Gasteiger partial charge in [-0.15, -0.1) is 0 Å². The third-order valence-corrected chi connectivity index (χ3v) is 2.33. The van der Waals surface area contributed by atoms with Gasteiger partial charge in [0.15, 0.2) is 0 Å². The van der Waals surface area contributed by atoms with Crippen molar-refractivity contribution >= 4 is 5.91 Å². The molecule has 1 saturated heterocycles. The molecule has 1 heterocycles. The quantitative estimate of drug-likeness (QED) is 0.666. The van der Waals surface area contributed by atoms with Gasteiger partial charge >= 0.3 is 0 Å². The van der Waals surface area contributed by atoms with Crippen molar-refractivity contribution in [1.82, 2.24) is 4.90 Å². The summed E-state index contributed by atoms with van der Waals surface area (Å²) in [6.07, 6.45) is 0.911. The van der Waals surface area contributed by atoms with Crippen molar-refractivity contribution in [3.63, 3.8) is 0 Å². The highest BCUT2D eigenvalue weighted by molar-refractivity contribution is 5.77. The van der Waals surface area contributed by atoms with E-state index in [9.17, 15) is 4.79 Å². The molecular weight excluding hydrogens is 170 g/mol. The van der Waals surface area contributed by atoms with Gasteiger partial charge in [-0.1, -0.05) is 0 Å². The molecule has 1 atom stereocenters. The average Bonchev–Trinajstić information content (AvgIpc) is 2.62. The molecule has 0 saturated carbocycles. The Morgan fingerprint density at radius 1 is 1.69 bits per heavy atom. The number of nitrogens with zero attached hydrogens (tertiary/aromatic N) is 1. The van der Waals surface area contributed by atoms with Crippen molar-refractivity contribution in [3.8, 4) is 0 Å². The Balaban J connectivity index is 2.25. The van der Waals surface area contributed by atoms with Gasteiger partial charge in [-0.2, -0.15) is 0 Å². The van der Waals surface area contributed by atoms with Gasteiger partial charge in [0.1, 0.15) is 6.61 Å². The first-order valence-corrected chi connectivity index (χ1v) is 4.74. The third kappa shape index (κ3) is 2.97. The highest BCUT2D eigenvalue weighted by Crippen LogP contribution is 2.15. The zero-order valence-electron chi connectivity index (χ0n) is 8.03. The van der Waals surface area contributed by atoms with Gasteiger partial charge in [-0.25, -0.2) is 0 Å². The van der Waals surface area contributed by atoms with Crippen molar-refractivity contribution in [2.24, 2.45) is 5.92 Å². The molecule has 0 aromatic carbocycles. The second kappa shape index (κ2) is 5.19. The number of carbonyl (C=O) groups excluding carboxylic acids is 1. The summed E-state index contributed by atoms with van der Waals surface area (Å²) in [7, 11) is 0. The Morgan fingerprint density at radius 3 is 3.00 bits per heavy atom. The molecule has 0 unspecified atom stereocenters. The molecule has 1 amide bonds. The van der Waals surface area contributed by atoms with E-state index in [1.165, 1.54) is 0 Å². The lowest BCUT2D eigenvalue weighted by molar-refractivity contribution is -0.135. The van der Waals surface area contributed by atoms with Crippen LogP contribution in [-0.2, 0) is 9.53 Å². The first-order chi connectivity index (χ1) is 6.27. The molecule has 0 aliphatic carbocycles. The summed E-state index contributed by atoms with van der Waals surface area (Å²) >= 11 is 0. The maximum Gasteiger partial charge on any atom is 0.248 e. The van der Waals surface area contributed by atoms with Gasteiger partial charge in [-0.3, -0.25) is 4.79 Å². The summed E-state index contributed by atoms with van der Waals surface area (Å²) in [4.78, 5) is 13.1. The number of aliphatic hydroxyl groups is 1. The van der Waals surface area contributed by atoms with Crippen LogP contribution < -0.4 is 0 Å². The van der Waals surface area contributed by atoms with Gasteiger partial charge < -0.3 is 14.7 Å². The van der Waals surface area contributed by atoms with Crippen LogP contribution in [0.15, 0.2) is 0 Å². The summed E-state index contributed by atoms with van der Waals surface area (Å²) < 4.78 is 5.02. The standard InChI is InChI=1S/C9H17NO3/c1-2-13-7-9(12)10-4-3-8(5-10)6-11/h8,11H,2-7H2,1H3/t8-/m0/s1. The van der Waals surface area contributed by atoms with E-state index in [1.54, 1.807) is 4.90 Å². The molecule has 13 heavy (non-hydrogen) atoms. The van der Waals surface area contributed by atoms with E-state index in [-0.39, 0.29) is 25.0 Å². The van der Waals surface area contributed by atoms with Crippen LogP contribution in [0.5, 0.6) is 0 Å². The number of carbonyl (C=O) groups is 1. The molecule has 4 nitrogen and oxygen atoms in total. The number of hydrogen-bond donors (Lipinski definition) is 1. The van der Waals surface area contributed by atoms with Crippen LogP contribution in [0.25, 0.3) is 0 Å². The Bertz CT molecular complexity index is 172. The molecule has 76 valence electrons. The molecule has 0 radical (unpaired) electrons. The Kier molecular flexibility index (Phi) is 4.18. The monoisotopic (exact) mass is 187 g/mol. The topological polar surface area (TPSA) is 49.8 Å². The summed E-state index contributed by atoms with van der Waals surface area (Å²) in [5.41, 5.74) is 0. The number of likely N-dealkylation sites (tertiary alicyclic amines) is 1. The number of ether oxygens (including phenoxy) is 1. The van der Waals surface area contributed by atoms with Crippen molar-refractivity contribution in [1.29, 1.82) is 0 Å². The second-order valence-electron chi connectivity index (χ2n) is 3.31. The minimum Gasteiger partial charge on any atom is -0.396 e. The minimum absolute atomic E-state index is 0.0396. The van der Waals surface area contributed by atoms with E-state index in [1.807, 2.05) is 6.92 Å². The Hall–Kier alpha value is -0.610. The summed E-state index contributed by atoms with van der Waals surface area (Å²) in [6.45, 7) is 4.24. The van der Waals surface area contributed by atoms with E-state index >= 15 is 0 Å². The smallest absolute Gasteiger partial charge is 0.248 e. The third-order valence-electron chi connectivity index (χ3n) is 2.33. The lowest BCUT2D eigenvalue weighted by Gasteiger charge is -2.15. The van der Waals surface area contributed by atoms with E-state index in [4.69, 9.17) is 9.84 Å². The molecule has 1 N–H and O–H groups in total. The lowest BCUT2D eigenvalue weighted by Crippen LogP contribution is -2.32. The number of amides is 1. The van der Waals surface area contributed by atoms with Gasteiger partial charge in [0.05, 0.1) is 0 Å². The molecule has 4 heteroatoms. The Morgan fingerprint density at radius 2 is 2.46 bits per heavy atom. The van der Waals surface area contributed by atoms with Gasteiger partial charge in [0, 0.05) is 32.2 Å². The van der Waals surface area contributed by atoms with Crippen molar-refractivity contribution < 1.29 is 14.6 Å². The van der Waals surface area contributed by atoms with Crippen LogP contribution in [0.2, 0.25) is 0 Å². The van der Waals surface area contributed by atoms with Crippen LogP contribution in [-0.4, -0.2) is 48.8 Å². The molecular formula is C9H17NO3. The molecule has 0 spiro atoms. The summed E-state index contributed by atoms with van der Waals surface area (Å²) in [5, 5.41) is 8.87. The van der Waals surface area contributed by atoms with Crippen LogP contribution in [0.4, 0.5) is 0 Å². The van der Waals surface area contributed by atoms with E-state index in [0.29, 0.717) is 13.2 Å². The summed E-state index contributed by atoms with van der Waals surface area (Å²) in [5.74, 6) is 0.309. The van der Waals surface area contributed by atoms with Crippen LogP contribution in [0, 0.1) is 5.92 Å². The lowest BCUT2D eigenvalue weighted by atomic mass is 10.1. The van der Waals surface area contributed by atoms with Gasteiger partial charge in [0.2, 0.25) is 5.91 Å². The molecule has 1 rings (SSSR count). The van der Waals surface area contributed by atoms with Crippen LogP contribution >= 0.6 is 0 Å². The predicted octanol–water partition coefficient (Wildman–Crippen LogP) is -0.136. The van der Waals surface area contributed by atoms with Gasteiger partial charge in [-0.05, 0) is 13.3 Å². The molecule has 0 bridgehead atoms. The van der Waals surface area contributed by atoms with Crippen molar-refractivity contribution in [3.05, 3.63) is 0 Å². The first-order valence-electron chi connectivity index (χ1n) is 4.74. The fourth-order valence-electron chi connectivity index (χ4n) is 1.49. The van der Waals surface area contributed by atoms with E-state index in [0.717, 1.165) is 13.0 Å². The second-order valence-corrected chi connectivity index (χ2v) is 3.31. The van der Waals surface area contributed by atoms with E-state index in [2.05, 4.69) is 0 Å². The van der Waals surface area contributed by atoms with Gasteiger partial charge in [0.25, 0.3) is 0 Å². The fourth-order valence-corrected chi connectivity index (χ4v) is 1.49. The van der Waals surface area contributed by atoms with E-state index < -0.39 is 0 Å². The number of aliphatic hydroxyl groups excluding tert-OH is 1. The molecule has 0 aromatic heterocycles. The largest absolute Gasteiger partial charge is 0.396 e. The number of hydrogen-bond acceptors (Lipinski definition) is 3. The van der Waals surface area contributed by atoms with Crippen molar-refractivity contribution in [2.75, 3.05) is 32.9 Å². The zero-order valence-corrected chi connectivity index (χ0v) is 8.03. The maximum atomic E-state index is 11.4.